The van der Waals surface area contributed by atoms with Gasteiger partial charge in [-0.1, -0.05) is 32.0 Å². The molecule has 0 heterocycles. The monoisotopic (exact) mass is 378 g/mol. The van der Waals surface area contributed by atoms with Crippen molar-refractivity contribution in [3.05, 3.63) is 59.9 Å². The van der Waals surface area contributed by atoms with Gasteiger partial charge in [0.25, 0.3) is 0 Å². The molecule has 0 spiro atoms. The summed E-state index contributed by atoms with van der Waals surface area (Å²) in [5.74, 6) is -0.903. The van der Waals surface area contributed by atoms with Crippen molar-refractivity contribution in [2.75, 3.05) is 15.9 Å². The molecule has 0 radical (unpaired) electrons. The molecule has 0 bridgehead atoms. The van der Waals surface area contributed by atoms with Crippen molar-refractivity contribution >= 4 is 27.3 Å². The highest BCUT2D eigenvalue weighted by Crippen LogP contribution is 2.24. The average Bonchev–Trinajstić information content (AvgIpc) is 2.60. The van der Waals surface area contributed by atoms with E-state index in [0.717, 1.165) is 22.5 Å². The second-order valence-electron chi connectivity index (χ2n) is 5.96. The Morgan fingerprint density at radius 3 is 2.27 bits per heavy atom. The van der Waals surface area contributed by atoms with Gasteiger partial charge in [0.1, 0.15) is 11.9 Å². The van der Waals surface area contributed by atoms with E-state index >= 15 is 0 Å². The number of carbonyl (C=O) groups excluding carboxylic acids is 1. The Morgan fingerprint density at radius 1 is 1.12 bits per heavy atom. The fraction of sp³-hybridized carbons (Fsp3) is 0.316. The Kier molecular flexibility index (Phi) is 6.37. The second kappa shape index (κ2) is 8.31. The minimum atomic E-state index is -3.75. The quantitative estimate of drug-likeness (QED) is 0.801. The molecule has 140 valence electrons. The average molecular weight is 378 g/mol. The number of hydrogen-bond acceptors (Lipinski definition) is 3. The number of sulfonamides is 1. The zero-order valence-corrected chi connectivity index (χ0v) is 15.9. The molecular formula is C19H23FN2O3S. The van der Waals surface area contributed by atoms with Crippen molar-refractivity contribution in [2.45, 2.75) is 32.7 Å². The van der Waals surface area contributed by atoms with Crippen molar-refractivity contribution in [1.29, 1.82) is 0 Å². The van der Waals surface area contributed by atoms with Crippen molar-refractivity contribution in [1.82, 2.24) is 0 Å². The van der Waals surface area contributed by atoms with E-state index in [2.05, 4.69) is 5.32 Å². The van der Waals surface area contributed by atoms with Crippen LogP contribution in [0.1, 0.15) is 25.8 Å². The molecule has 26 heavy (non-hydrogen) atoms. The number of benzene rings is 2. The Hall–Kier alpha value is -2.41. The summed E-state index contributed by atoms with van der Waals surface area (Å²) < 4.78 is 38.9. The maximum atomic E-state index is 13.2. The molecule has 2 rings (SSSR count). The number of aryl methyl sites for hydroxylation is 1. The summed E-state index contributed by atoms with van der Waals surface area (Å²) >= 11 is 0. The van der Waals surface area contributed by atoms with Crippen molar-refractivity contribution in [3.8, 4) is 0 Å². The maximum absolute atomic E-state index is 13.2. The molecule has 1 amide bonds. The van der Waals surface area contributed by atoms with Gasteiger partial charge in [-0.2, -0.15) is 0 Å². The lowest BCUT2D eigenvalue weighted by Crippen LogP contribution is -2.47. The molecule has 2 aromatic carbocycles. The zero-order chi connectivity index (χ0) is 19.3. The Bertz CT molecular complexity index is 867. The topological polar surface area (TPSA) is 66.5 Å². The van der Waals surface area contributed by atoms with Gasteiger partial charge in [-0.05, 0) is 48.7 Å². The molecule has 0 fully saturated rings. The van der Waals surface area contributed by atoms with E-state index in [1.165, 1.54) is 24.3 Å². The third-order valence-corrected chi connectivity index (χ3v) is 5.25. The number of nitrogens with zero attached hydrogens (tertiary/aromatic N) is 1. The van der Waals surface area contributed by atoms with Gasteiger partial charge in [0.15, 0.2) is 0 Å². The predicted octanol–water partition coefficient (Wildman–Crippen LogP) is 3.57. The minimum absolute atomic E-state index is 0.250. The maximum Gasteiger partial charge on any atom is 0.248 e. The van der Waals surface area contributed by atoms with E-state index < -0.39 is 27.8 Å². The highest BCUT2D eigenvalue weighted by molar-refractivity contribution is 7.92. The van der Waals surface area contributed by atoms with Crippen LogP contribution in [0.25, 0.3) is 0 Å². The Labute approximate surface area is 153 Å². The summed E-state index contributed by atoms with van der Waals surface area (Å²) in [5, 5.41) is 2.83. The van der Waals surface area contributed by atoms with E-state index in [-0.39, 0.29) is 12.1 Å². The number of hydrogen-bond donors (Lipinski definition) is 1. The smallest absolute Gasteiger partial charge is 0.248 e. The number of amides is 1. The van der Waals surface area contributed by atoms with Crippen LogP contribution < -0.4 is 9.62 Å². The van der Waals surface area contributed by atoms with Gasteiger partial charge in [0.2, 0.25) is 15.9 Å². The molecule has 0 aliphatic carbocycles. The molecule has 0 aliphatic rings. The number of halogens is 1. The number of carbonyl (C=O) groups is 1. The highest BCUT2D eigenvalue weighted by Gasteiger charge is 2.31. The summed E-state index contributed by atoms with van der Waals surface area (Å²) in [4.78, 5) is 12.8. The lowest BCUT2D eigenvalue weighted by atomic mass is 10.1. The minimum Gasteiger partial charge on any atom is -0.324 e. The first-order chi connectivity index (χ1) is 12.3. The molecule has 0 aromatic heterocycles. The Balaban J connectivity index is 2.38. The SMILES string of the molecule is CCc1ccccc1NC(=O)[C@@H](CC)N(c1ccc(F)cc1)S(C)(=O)=O. The third kappa shape index (κ3) is 4.60. The van der Waals surface area contributed by atoms with Crippen LogP contribution in [0.15, 0.2) is 48.5 Å². The summed E-state index contributed by atoms with van der Waals surface area (Å²) in [6.45, 7) is 3.71. The van der Waals surface area contributed by atoms with Gasteiger partial charge in [0.05, 0.1) is 11.9 Å². The lowest BCUT2D eigenvalue weighted by molar-refractivity contribution is -0.117. The molecule has 1 atom stereocenters. The molecule has 0 aliphatic heterocycles. The van der Waals surface area contributed by atoms with Gasteiger partial charge in [-0.3, -0.25) is 9.10 Å². The third-order valence-electron chi connectivity index (χ3n) is 4.07. The molecule has 0 saturated heterocycles. The largest absolute Gasteiger partial charge is 0.324 e. The van der Waals surface area contributed by atoms with E-state index in [4.69, 9.17) is 0 Å². The molecule has 0 saturated carbocycles. The first kappa shape index (κ1) is 19.9. The molecule has 1 N–H and O–H groups in total. The lowest BCUT2D eigenvalue weighted by Gasteiger charge is -2.30. The molecule has 5 nitrogen and oxygen atoms in total. The van der Waals surface area contributed by atoms with E-state index in [1.54, 1.807) is 13.0 Å². The van der Waals surface area contributed by atoms with E-state index in [9.17, 15) is 17.6 Å². The van der Waals surface area contributed by atoms with Crippen LogP contribution in [0, 0.1) is 5.82 Å². The van der Waals surface area contributed by atoms with Crippen LogP contribution in [0.5, 0.6) is 0 Å². The molecule has 7 heteroatoms. The van der Waals surface area contributed by atoms with Crippen LogP contribution in [0.3, 0.4) is 0 Å². The van der Waals surface area contributed by atoms with Crippen LogP contribution in [0.4, 0.5) is 15.8 Å². The van der Waals surface area contributed by atoms with Crippen molar-refractivity contribution in [2.24, 2.45) is 0 Å². The summed E-state index contributed by atoms with van der Waals surface area (Å²) in [6.07, 6.45) is 2.04. The number of rotatable bonds is 7. The van der Waals surface area contributed by atoms with Gasteiger partial charge in [0, 0.05) is 5.69 Å². The second-order valence-corrected chi connectivity index (χ2v) is 7.82. The fourth-order valence-corrected chi connectivity index (χ4v) is 4.03. The van der Waals surface area contributed by atoms with Crippen molar-refractivity contribution < 1.29 is 17.6 Å². The molecule has 2 aromatic rings. The van der Waals surface area contributed by atoms with Gasteiger partial charge >= 0.3 is 0 Å². The first-order valence-electron chi connectivity index (χ1n) is 8.41. The highest BCUT2D eigenvalue weighted by atomic mass is 32.2. The number of para-hydroxylation sites is 1. The fourth-order valence-electron chi connectivity index (χ4n) is 2.81. The van der Waals surface area contributed by atoms with Gasteiger partial charge < -0.3 is 5.32 Å². The molecule has 0 unspecified atom stereocenters. The van der Waals surface area contributed by atoms with E-state index in [1.807, 2.05) is 25.1 Å². The predicted molar refractivity (Wildman–Crippen MR) is 102 cm³/mol. The summed E-state index contributed by atoms with van der Waals surface area (Å²) in [6, 6.07) is 11.5. The van der Waals surface area contributed by atoms with Gasteiger partial charge in [-0.15, -0.1) is 0 Å². The Morgan fingerprint density at radius 2 is 1.73 bits per heavy atom. The standard InChI is InChI=1S/C19H23FN2O3S/c1-4-14-8-6-7-9-17(14)21-19(23)18(5-2)22(26(3,24)25)16-12-10-15(20)11-13-16/h6-13,18H,4-5H2,1-3H3,(H,21,23)/t18-/m1/s1. The van der Waals surface area contributed by atoms with Gasteiger partial charge in [-0.25, -0.2) is 12.8 Å². The van der Waals surface area contributed by atoms with Crippen molar-refractivity contribution in [3.63, 3.8) is 0 Å². The summed E-state index contributed by atoms with van der Waals surface area (Å²) in [7, 11) is -3.75. The normalized spacial score (nSPS) is 12.5. The van der Waals surface area contributed by atoms with E-state index in [0.29, 0.717) is 5.69 Å². The van der Waals surface area contributed by atoms with Crippen LogP contribution in [-0.2, 0) is 21.2 Å². The molecular weight excluding hydrogens is 355 g/mol. The summed E-state index contributed by atoms with van der Waals surface area (Å²) in [5.41, 5.74) is 1.87. The zero-order valence-electron chi connectivity index (χ0n) is 15.1. The van der Waals surface area contributed by atoms with Crippen LogP contribution in [0.2, 0.25) is 0 Å². The number of anilines is 2. The first-order valence-corrected chi connectivity index (χ1v) is 10.3. The number of nitrogens with one attached hydrogen (secondary N) is 1. The van der Waals surface area contributed by atoms with Crippen LogP contribution >= 0.6 is 0 Å². The van der Waals surface area contributed by atoms with Crippen LogP contribution in [-0.4, -0.2) is 26.6 Å².